The molecule has 31 heavy (non-hydrogen) atoms. The van der Waals surface area contributed by atoms with Gasteiger partial charge in [-0.2, -0.15) is 0 Å². The maximum atomic E-state index is 12.9. The Balaban J connectivity index is 1.74. The number of ether oxygens (including phenoxy) is 1. The van der Waals surface area contributed by atoms with Crippen LogP contribution >= 0.6 is 22.9 Å². The van der Waals surface area contributed by atoms with Gasteiger partial charge in [0.15, 0.2) is 6.10 Å². The number of halogens is 1. The van der Waals surface area contributed by atoms with E-state index >= 15 is 0 Å². The van der Waals surface area contributed by atoms with Crippen molar-refractivity contribution in [3.63, 3.8) is 0 Å². The number of thiophene rings is 1. The summed E-state index contributed by atoms with van der Waals surface area (Å²) >= 11 is 6.75. The summed E-state index contributed by atoms with van der Waals surface area (Å²) in [6.45, 7) is 4.23. The highest BCUT2D eigenvalue weighted by molar-refractivity contribution is 7.94. The molecular formula is C21H25ClN2O5S2. The first-order valence-corrected chi connectivity index (χ1v) is 12.8. The van der Waals surface area contributed by atoms with Crippen molar-refractivity contribution in [1.82, 2.24) is 4.90 Å². The first-order valence-electron chi connectivity index (χ1n) is 10.1. The summed E-state index contributed by atoms with van der Waals surface area (Å²) in [7, 11) is -3.92. The lowest BCUT2D eigenvalue weighted by Gasteiger charge is -2.36. The highest BCUT2D eigenvalue weighted by Gasteiger charge is 2.31. The smallest absolute Gasteiger partial charge is 0.341 e. The zero-order valence-electron chi connectivity index (χ0n) is 17.3. The number of hydrogen-bond donors (Lipinski definition) is 1. The first kappa shape index (κ1) is 23.6. The van der Waals surface area contributed by atoms with E-state index < -0.39 is 22.1 Å². The van der Waals surface area contributed by atoms with Gasteiger partial charge in [-0.1, -0.05) is 30.7 Å². The van der Waals surface area contributed by atoms with Crippen molar-refractivity contribution in [1.29, 1.82) is 0 Å². The molecule has 7 nitrogen and oxygen atoms in total. The Kier molecular flexibility index (Phi) is 7.61. The fraction of sp³-hybridized carbons (Fsp3) is 0.429. The molecule has 1 saturated heterocycles. The molecule has 2 atom stereocenters. The average Bonchev–Trinajstić information content (AvgIpc) is 3.20. The van der Waals surface area contributed by atoms with E-state index in [-0.39, 0.29) is 27.4 Å². The van der Waals surface area contributed by atoms with E-state index in [0.29, 0.717) is 10.9 Å². The summed E-state index contributed by atoms with van der Waals surface area (Å²) in [6, 6.07) is 9.14. The molecule has 10 heteroatoms. The minimum Gasteiger partial charge on any atom is -0.449 e. The fourth-order valence-electron chi connectivity index (χ4n) is 3.61. The van der Waals surface area contributed by atoms with E-state index in [2.05, 4.69) is 4.72 Å². The third-order valence-electron chi connectivity index (χ3n) is 5.22. The van der Waals surface area contributed by atoms with Gasteiger partial charge < -0.3 is 9.64 Å². The molecule has 2 heterocycles. The molecule has 3 rings (SSSR count). The van der Waals surface area contributed by atoms with Crippen LogP contribution in [0.4, 0.5) is 5.69 Å². The number of esters is 1. The van der Waals surface area contributed by atoms with Crippen molar-refractivity contribution in [2.24, 2.45) is 0 Å². The van der Waals surface area contributed by atoms with Crippen molar-refractivity contribution in [2.45, 2.75) is 55.9 Å². The Morgan fingerprint density at radius 2 is 2.00 bits per heavy atom. The van der Waals surface area contributed by atoms with Crippen molar-refractivity contribution in [3.8, 4) is 0 Å². The average molecular weight is 485 g/mol. The number of nitrogens with one attached hydrogen (secondary N) is 1. The van der Waals surface area contributed by atoms with Gasteiger partial charge in [0.2, 0.25) is 0 Å². The molecule has 1 amide bonds. The second-order valence-electron chi connectivity index (χ2n) is 7.35. The summed E-state index contributed by atoms with van der Waals surface area (Å²) < 4.78 is 33.4. The topological polar surface area (TPSA) is 92.8 Å². The Morgan fingerprint density at radius 3 is 2.68 bits per heavy atom. The number of carbonyl (C=O) groups excluding carboxylic acids is 2. The molecule has 1 aliphatic heterocycles. The van der Waals surface area contributed by atoms with Crippen molar-refractivity contribution >= 4 is 50.5 Å². The van der Waals surface area contributed by atoms with Gasteiger partial charge >= 0.3 is 5.97 Å². The fourth-order valence-corrected chi connectivity index (χ4v) is 6.17. The van der Waals surface area contributed by atoms with Gasteiger partial charge in [0.1, 0.15) is 4.21 Å². The van der Waals surface area contributed by atoms with Crippen molar-refractivity contribution < 1.29 is 22.7 Å². The third kappa shape index (κ3) is 5.58. The zero-order valence-corrected chi connectivity index (χ0v) is 19.7. The van der Waals surface area contributed by atoms with E-state index in [1.165, 1.54) is 24.3 Å². The Morgan fingerprint density at radius 1 is 1.26 bits per heavy atom. The minimum absolute atomic E-state index is 0.0269. The lowest BCUT2D eigenvalue weighted by atomic mass is 9.99. The summed E-state index contributed by atoms with van der Waals surface area (Å²) in [5, 5.41) is 0. The van der Waals surface area contributed by atoms with E-state index in [1.807, 2.05) is 6.92 Å². The van der Waals surface area contributed by atoms with Crippen molar-refractivity contribution in [3.05, 3.63) is 46.3 Å². The van der Waals surface area contributed by atoms with Gasteiger partial charge in [-0.3, -0.25) is 9.52 Å². The molecule has 1 aromatic carbocycles. The van der Waals surface area contributed by atoms with Gasteiger partial charge in [0.05, 0.1) is 15.6 Å². The number of piperidine rings is 1. The van der Waals surface area contributed by atoms with Gasteiger partial charge in [0.25, 0.3) is 15.9 Å². The minimum atomic E-state index is -3.92. The molecule has 1 N–H and O–H groups in total. The van der Waals surface area contributed by atoms with Gasteiger partial charge in [-0.15, -0.1) is 11.3 Å². The molecule has 2 aromatic rings. The number of amides is 1. The number of carbonyl (C=O) groups is 2. The van der Waals surface area contributed by atoms with Crippen molar-refractivity contribution in [2.75, 3.05) is 11.3 Å². The molecule has 0 bridgehead atoms. The first-order chi connectivity index (χ1) is 14.7. The zero-order chi connectivity index (χ0) is 22.6. The number of sulfonamides is 1. The van der Waals surface area contributed by atoms with Gasteiger partial charge in [0, 0.05) is 12.6 Å². The number of nitrogens with zero attached hydrogens (tertiary/aromatic N) is 1. The summed E-state index contributed by atoms with van der Waals surface area (Å²) in [6.07, 6.45) is 2.84. The number of hydrogen-bond acceptors (Lipinski definition) is 6. The highest BCUT2D eigenvalue weighted by atomic mass is 35.5. The van der Waals surface area contributed by atoms with E-state index in [9.17, 15) is 18.0 Å². The maximum absolute atomic E-state index is 12.9. The van der Waals surface area contributed by atoms with Crippen LogP contribution in [-0.4, -0.2) is 43.9 Å². The summed E-state index contributed by atoms with van der Waals surface area (Å²) in [5.41, 5.74) is 0.0974. The van der Waals surface area contributed by atoms with Crippen LogP contribution in [0.5, 0.6) is 0 Å². The van der Waals surface area contributed by atoms with Crippen LogP contribution in [0, 0.1) is 0 Å². The Labute approximate surface area is 191 Å². The number of benzene rings is 1. The molecule has 0 aliphatic carbocycles. The molecule has 0 spiro atoms. The number of likely N-dealkylation sites (tertiary alicyclic amines) is 1. The van der Waals surface area contributed by atoms with Crippen LogP contribution in [0.15, 0.2) is 40.6 Å². The predicted octanol–water partition coefficient (Wildman–Crippen LogP) is 4.54. The summed E-state index contributed by atoms with van der Waals surface area (Å²) in [4.78, 5) is 27.4. The Bertz CT molecular complexity index is 1050. The molecule has 0 unspecified atom stereocenters. The molecule has 0 radical (unpaired) electrons. The van der Waals surface area contributed by atoms with Crippen LogP contribution in [0.25, 0.3) is 0 Å². The molecule has 1 aliphatic rings. The predicted molar refractivity (Wildman–Crippen MR) is 121 cm³/mol. The lowest BCUT2D eigenvalue weighted by Crippen LogP contribution is -2.48. The monoisotopic (exact) mass is 484 g/mol. The number of para-hydroxylation sites is 1. The van der Waals surface area contributed by atoms with Crippen LogP contribution in [0.2, 0.25) is 4.34 Å². The van der Waals surface area contributed by atoms with Crippen LogP contribution in [-0.2, 0) is 19.6 Å². The normalized spacial score (nSPS) is 17.8. The largest absolute Gasteiger partial charge is 0.449 e. The molecule has 1 fully saturated rings. The molecule has 0 saturated carbocycles. The van der Waals surface area contributed by atoms with Crippen LogP contribution in [0.3, 0.4) is 0 Å². The van der Waals surface area contributed by atoms with Crippen LogP contribution in [0.1, 0.15) is 49.9 Å². The van der Waals surface area contributed by atoms with E-state index in [0.717, 1.165) is 37.0 Å². The highest BCUT2D eigenvalue weighted by Crippen LogP contribution is 2.28. The summed E-state index contributed by atoms with van der Waals surface area (Å²) in [5.74, 6) is -1.00. The van der Waals surface area contributed by atoms with E-state index in [4.69, 9.17) is 16.3 Å². The second kappa shape index (κ2) is 10.0. The molecule has 168 valence electrons. The van der Waals surface area contributed by atoms with Gasteiger partial charge in [-0.05, 0) is 56.9 Å². The number of rotatable bonds is 7. The number of anilines is 1. The van der Waals surface area contributed by atoms with Crippen LogP contribution < -0.4 is 4.72 Å². The SMILES string of the molecule is CC[C@H]1CCCCN1C(=O)[C@@H](C)OC(=O)c1ccccc1NS(=O)(=O)c1ccc(Cl)s1. The third-order valence-corrected chi connectivity index (χ3v) is 8.31. The molecular weight excluding hydrogens is 460 g/mol. The van der Waals surface area contributed by atoms with Gasteiger partial charge in [-0.25, -0.2) is 13.2 Å². The second-order valence-corrected chi connectivity index (χ2v) is 11.0. The Hall–Kier alpha value is -2.10. The quantitative estimate of drug-likeness (QED) is 0.582. The van der Waals surface area contributed by atoms with E-state index in [1.54, 1.807) is 24.0 Å². The molecule has 1 aromatic heterocycles. The maximum Gasteiger partial charge on any atom is 0.341 e. The standard InChI is InChI=1S/C21H25ClN2O5S2/c1-3-15-8-6-7-13-24(15)20(25)14(2)29-21(26)16-9-4-5-10-17(16)23-31(27,28)19-12-11-18(22)30-19/h4-5,9-12,14-15,23H,3,6-8,13H2,1-2H3/t14-,15+/m1/s1. The lowest BCUT2D eigenvalue weighted by molar-refractivity contribution is -0.143.